The van der Waals surface area contributed by atoms with Crippen LogP contribution in [0.15, 0.2) is 12.1 Å². The fourth-order valence-corrected chi connectivity index (χ4v) is 3.51. The van der Waals surface area contributed by atoms with Gasteiger partial charge in [-0.2, -0.15) is 0 Å². The van der Waals surface area contributed by atoms with E-state index in [1.807, 2.05) is 6.07 Å². The lowest BCUT2D eigenvalue weighted by molar-refractivity contribution is 0.170. The zero-order chi connectivity index (χ0) is 12.6. The van der Waals surface area contributed by atoms with Gasteiger partial charge in [-0.05, 0) is 31.4 Å². The monoisotopic (exact) mass is 247 g/mol. The van der Waals surface area contributed by atoms with Crippen molar-refractivity contribution in [2.45, 2.75) is 44.4 Å². The highest BCUT2D eigenvalue weighted by Crippen LogP contribution is 2.48. The van der Waals surface area contributed by atoms with Gasteiger partial charge >= 0.3 is 0 Å². The van der Waals surface area contributed by atoms with Crippen molar-refractivity contribution < 1.29 is 9.47 Å². The minimum Gasteiger partial charge on any atom is -0.454 e. The molecule has 3 heteroatoms. The van der Waals surface area contributed by atoms with Gasteiger partial charge in [0.25, 0.3) is 0 Å². The maximum Gasteiger partial charge on any atom is 0.231 e. The molecule has 18 heavy (non-hydrogen) atoms. The summed E-state index contributed by atoms with van der Waals surface area (Å²) >= 11 is 0. The maximum absolute atomic E-state index is 6.14. The second kappa shape index (κ2) is 4.47. The van der Waals surface area contributed by atoms with Gasteiger partial charge in [-0.25, -0.2) is 0 Å². The summed E-state index contributed by atoms with van der Waals surface area (Å²) in [6.45, 7) is 3.20. The Balaban J connectivity index is 2.12. The first-order chi connectivity index (χ1) is 8.77. The van der Waals surface area contributed by atoms with Crippen molar-refractivity contribution in [2.75, 3.05) is 13.3 Å². The highest BCUT2D eigenvalue weighted by molar-refractivity contribution is 5.55. The summed E-state index contributed by atoms with van der Waals surface area (Å²) in [5.74, 6) is 1.83. The predicted molar refractivity (Wildman–Crippen MR) is 71.1 cm³/mol. The van der Waals surface area contributed by atoms with Crippen LogP contribution in [0, 0.1) is 6.92 Å². The molecular weight excluding hydrogens is 226 g/mol. The zero-order valence-corrected chi connectivity index (χ0v) is 11.0. The molecule has 1 fully saturated rings. The lowest BCUT2D eigenvalue weighted by Gasteiger charge is -2.38. The quantitative estimate of drug-likeness (QED) is 0.874. The van der Waals surface area contributed by atoms with Crippen molar-refractivity contribution in [2.24, 2.45) is 5.73 Å². The Morgan fingerprint density at radius 2 is 1.94 bits per heavy atom. The molecule has 2 aliphatic rings. The first-order valence-electron chi connectivity index (χ1n) is 6.87. The van der Waals surface area contributed by atoms with E-state index < -0.39 is 0 Å². The van der Waals surface area contributed by atoms with Crippen LogP contribution in [0.2, 0.25) is 0 Å². The first kappa shape index (κ1) is 11.8. The molecule has 0 aromatic heterocycles. The highest BCUT2D eigenvalue weighted by Gasteiger charge is 2.38. The maximum atomic E-state index is 6.14. The second-order valence-electron chi connectivity index (χ2n) is 5.54. The van der Waals surface area contributed by atoms with Gasteiger partial charge in [0.05, 0.1) is 0 Å². The molecule has 0 amide bonds. The molecule has 1 saturated carbocycles. The summed E-state index contributed by atoms with van der Waals surface area (Å²) in [4.78, 5) is 0. The van der Waals surface area contributed by atoms with Crippen molar-refractivity contribution in [3.05, 3.63) is 23.3 Å². The Morgan fingerprint density at radius 1 is 1.17 bits per heavy atom. The van der Waals surface area contributed by atoms with Crippen molar-refractivity contribution in [1.82, 2.24) is 0 Å². The lowest BCUT2D eigenvalue weighted by atomic mass is 9.68. The molecule has 0 unspecified atom stereocenters. The van der Waals surface area contributed by atoms with Gasteiger partial charge in [-0.15, -0.1) is 0 Å². The molecule has 3 rings (SSSR count). The van der Waals surface area contributed by atoms with E-state index in [4.69, 9.17) is 15.2 Å². The van der Waals surface area contributed by atoms with Gasteiger partial charge in [0.15, 0.2) is 11.5 Å². The molecule has 0 radical (unpaired) electrons. The van der Waals surface area contributed by atoms with Crippen LogP contribution in [-0.4, -0.2) is 13.3 Å². The number of nitrogens with two attached hydrogens (primary N) is 1. The van der Waals surface area contributed by atoms with Gasteiger partial charge < -0.3 is 15.2 Å². The van der Waals surface area contributed by atoms with Crippen molar-refractivity contribution in [1.29, 1.82) is 0 Å². The molecular formula is C15H21NO2. The third-order valence-corrected chi connectivity index (χ3v) is 4.48. The number of rotatable bonds is 2. The fraction of sp³-hybridized carbons (Fsp3) is 0.600. The molecule has 98 valence electrons. The van der Waals surface area contributed by atoms with Gasteiger partial charge in [0.2, 0.25) is 6.79 Å². The highest BCUT2D eigenvalue weighted by atomic mass is 16.7. The van der Waals surface area contributed by atoms with Crippen molar-refractivity contribution in [3.8, 4) is 11.5 Å². The number of benzene rings is 1. The summed E-state index contributed by atoms with van der Waals surface area (Å²) in [5, 5.41) is 0. The molecule has 1 heterocycles. The van der Waals surface area contributed by atoms with E-state index in [0.29, 0.717) is 13.3 Å². The largest absolute Gasteiger partial charge is 0.454 e. The summed E-state index contributed by atoms with van der Waals surface area (Å²) < 4.78 is 11.2. The molecule has 1 aromatic carbocycles. The Hall–Kier alpha value is -1.22. The SMILES string of the molecule is Cc1ccc2c(c1C1(CN)CCCCC1)OCO2. The van der Waals surface area contributed by atoms with Crippen LogP contribution in [0.5, 0.6) is 11.5 Å². The van der Waals surface area contributed by atoms with E-state index in [0.717, 1.165) is 11.5 Å². The number of hydrogen-bond acceptors (Lipinski definition) is 3. The average Bonchev–Trinajstić information content (AvgIpc) is 2.87. The zero-order valence-electron chi connectivity index (χ0n) is 11.0. The number of aryl methyl sites for hydroxylation is 1. The standard InChI is InChI=1S/C15H21NO2/c1-11-5-6-12-14(18-10-17-12)13(11)15(9-16)7-3-2-4-8-15/h5-6H,2-4,7-10,16H2,1H3. The average molecular weight is 247 g/mol. The van der Waals surface area contributed by atoms with Crippen LogP contribution in [0.3, 0.4) is 0 Å². The van der Waals surface area contributed by atoms with E-state index in [2.05, 4.69) is 13.0 Å². The molecule has 0 atom stereocenters. The van der Waals surface area contributed by atoms with Crippen LogP contribution in [0.25, 0.3) is 0 Å². The Morgan fingerprint density at radius 3 is 2.67 bits per heavy atom. The molecule has 0 saturated heterocycles. The van der Waals surface area contributed by atoms with Crippen LogP contribution in [-0.2, 0) is 5.41 Å². The van der Waals surface area contributed by atoms with Gasteiger partial charge in [0.1, 0.15) is 0 Å². The van der Waals surface area contributed by atoms with E-state index in [1.165, 1.54) is 43.2 Å². The molecule has 1 aliphatic carbocycles. The van der Waals surface area contributed by atoms with Gasteiger partial charge in [0, 0.05) is 17.5 Å². The first-order valence-corrected chi connectivity index (χ1v) is 6.87. The number of ether oxygens (including phenoxy) is 2. The Labute approximate surface area is 108 Å². The summed E-state index contributed by atoms with van der Waals surface area (Å²) in [5.41, 5.74) is 8.82. The molecule has 1 aliphatic heterocycles. The topological polar surface area (TPSA) is 44.5 Å². The van der Waals surface area contributed by atoms with Crippen molar-refractivity contribution >= 4 is 0 Å². The molecule has 0 bridgehead atoms. The fourth-order valence-electron chi connectivity index (χ4n) is 3.51. The molecule has 0 spiro atoms. The van der Waals surface area contributed by atoms with E-state index in [9.17, 15) is 0 Å². The van der Waals surface area contributed by atoms with Crippen molar-refractivity contribution in [3.63, 3.8) is 0 Å². The minimum atomic E-state index is 0.0986. The van der Waals surface area contributed by atoms with Gasteiger partial charge in [-0.1, -0.05) is 25.3 Å². The number of fused-ring (bicyclic) bond motifs is 1. The Kier molecular flexibility index (Phi) is 2.94. The predicted octanol–water partition coefficient (Wildman–Crippen LogP) is 2.88. The smallest absolute Gasteiger partial charge is 0.231 e. The molecule has 3 nitrogen and oxygen atoms in total. The molecule has 2 N–H and O–H groups in total. The van der Waals surface area contributed by atoms with Crippen LogP contribution in [0.4, 0.5) is 0 Å². The summed E-state index contributed by atoms with van der Waals surface area (Å²) in [6, 6.07) is 4.14. The summed E-state index contributed by atoms with van der Waals surface area (Å²) in [6.07, 6.45) is 6.20. The van der Waals surface area contributed by atoms with E-state index in [1.54, 1.807) is 0 Å². The third kappa shape index (κ3) is 1.69. The Bertz CT molecular complexity index is 450. The molecule has 1 aromatic rings. The normalized spacial score (nSPS) is 21.0. The van der Waals surface area contributed by atoms with Crippen LogP contribution >= 0.6 is 0 Å². The minimum absolute atomic E-state index is 0.0986. The lowest BCUT2D eigenvalue weighted by Crippen LogP contribution is -2.38. The van der Waals surface area contributed by atoms with E-state index >= 15 is 0 Å². The van der Waals surface area contributed by atoms with Crippen LogP contribution < -0.4 is 15.2 Å². The third-order valence-electron chi connectivity index (χ3n) is 4.48. The van der Waals surface area contributed by atoms with Crippen LogP contribution in [0.1, 0.15) is 43.2 Å². The summed E-state index contributed by atoms with van der Waals surface area (Å²) in [7, 11) is 0. The second-order valence-corrected chi connectivity index (χ2v) is 5.54. The number of hydrogen-bond donors (Lipinski definition) is 1. The van der Waals surface area contributed by atoms with E-state index in [-0.39, 0.29) is 5.41 Å². The van der Waals surface area contributed by atoms with Gasteiger partial charge in [-0.3, -0.25) is 0 Å².